The first-order chi connectivity index (χ1) is 5.34. The molecule has 0 bridgehead atoms. The smallest absolute Gasteiger partial charge is 0.0376 e. The molecular weight excluding hydrogens is 152 g/mol. The highest BCUT2D eigenvalue weighted by molar-refractivity contribution is 4.68. The SMILES string of the molecule is CN(C)CCCN(O)C(C)(C)C. The molecule has 0 saturated carbocycles. The molecule has 0 aromatic rings. The molecule has 0 saturated heterocycles. The number of hydrogen-bond acceptors (Lipinski definition) is 3. The molecule has 0 aromatic heterocycles. The van der Waals surface area contributed by atoms with Crippen LogP contribution in [0.25, 0.3) is 0 Å². The maximum Gasteiger partial charge on any atom is 0.0376 e. The van der Waals surface area contributed by atoms with E-state index in [2.05, 4.69) is 4.90 Å². The molecular formula is C9H22N2O. The summed E-state index contributed by atoms with van der Waals surface area (Å²) in [6, 6.07) is 0. The van der Waals surface area contributed by atoms with E-state index >= 15 is 0 Å². The lowest BCUT2D eigenvalue weighted by molar-refractivity contribution is -0.156. The minimum absolute atomic E-state index is 0.133. The van der Waals surface area contributed by atoms with Crippen molar-refractivity contribution in [2.45, 2.75) is 32.7 Å². The first-order valence-corrected chi connectivity index (χ1v) is 4.45. The number of rotatable bonds is 4. The highest BCUT2D eigenvalue weighted by Crippen LogP contribution is 2.09. The van der Waals surface area contributed by atoms with Crippen LogP contribution in [-0.4, -0.2) is 47.9 Å². The summed E-state index contributed by atoms with van der Waals surface area (Å²) in [6.07, 6.45) is 1.00. The second-order valence-corrected chi connectivity index (χ2v) is 4.45. The Bertz CT molecular complexity index is 118. The highest BCUT2D eigenvalue weighted by atomic mass is 16.5. The molecule has 0 amide bonds. The second kappa shape index (κ2) is 4.80. The largest absolute Gasteiger partial charge is 0.313 e. The molecule has 1 N–H and O–H groups in total. The minimum Gasteiger partial charge on any atom is -0.313 e. The fourth-order valence-electron chi connectivity index (χ4n) is 0.872. The lowest BCUT2D eigenvalue weighted by Gasteiger charge is -2.29. The van der Waals surface area contributed by atoms with E-state index in [0.717, 1.165) is 19.5 Å². The molecule has 0 rings (SSSR count). The van der Waals surface area contributed by atoms with Gasteiger partial charge in [0.1, 0.15) is 0 Å². The summed E-state index contributed by atoms with van der Waals surface area (Å²) in [5.41, 5.74) is -0.133. The van der Waals surface area contributed by atoms with Crippen molar-refractivity contribution in [2.75, 3.05) is 27.2 Å². The van der Waals surface area contributed by atoms with Gasteiger partial charge >= 0.3 is 0 Å². The van der Waals surface area contributed by atoms with E-state index < -0.39 is 0 Å². The first-order valence-electron chi connectivity index (χ1n) is 4.45. The average molecular weight is 174 g/mol. The van der Waals surface area contributed by atoms with E-state index in [1.807, 2.05) is 34.9 Å². The zero-order valence-electron chi connectivity index (χ0n) is 8.96. The maximum atomic E-state index is 9.51. The van der Waals surface area contributed by atoms with Gasteiger partial charge in [-0.1, -0.05) is 0 Å². The summed E-state index contributed by atoms with van der Waals surface area (Å²) in [5.74, 6) is 0. The first kappa shape index (κ1) is 11.9. The topological polar surface area (TPSA) is 26.7 Å². The molecule has 0 radical (unpaired) electrons. The molecule has 0 aliphatic heterocycles. The van der Waals surface area contributed by atoms with Crippen molar-refractivity contribution in [3.8, 4) is 0 Å². The summed E-state index contributed by atoms with van der Waals surface area (Å²) in [7, 11) is 4.08. The fourth-order valence-corrected chi connectivity index (χ4v) is 0.872. The Hall–Kier alpha value is -0.120. The highest BCUT2D eigenvalue weighted by Gasteiger charge is 2.17. The Balaban J connectivity index is 3.51. The van der Waals surface area contributed by atoms with Gasteiger partial charge in [0.05, 0.1) is 0 Å². The molecule has 0 heterocycles. The van der Waals surface area contributed by atoms with Crippen LogP contribution in [-0.2, 0) is 0 Å². The van der Waals surface area contributed by atoms with Gasteiger partial charge in [0.2, 0.25) is 0 Å². The van der Waals surface area contributed by atoms with E-state index in [-0.39, 0.29) is 5.54 Å². The molecule has 3 nitrogen and oxygen atoms in total. The quantitative estimate of drug-likeness (QED) is 0.653. The molecule has 0 unspecified atom stereocenters. The fraction of sp³-hybridized carbons (Fsp3) is 1.00. The van der Waals surface area contributed by atoms with E-state index in [1.165, 1.54) is 5.06 Å². The second-order valence-electron chi connectivity index (χ2n) is 4.45. The Morgan fingerprint density at radius 2 is 1.58 bits per heavy atom. The molecule has 74 valence electrons. The standard InChI is InChI=1S/C9H22N2O/c1-9(2,3)11(12)8-6-7-10(4)5/h12H,6-8H2,1-5H3. The zero-order chi connectivity index (χ0) is 9.78. The van der Waals surface area contributed by atoms with Gasteiger partial charge in [-0.3, -0.25) is 0 Å². The van der Waals surface area contributed by atoms with Gasteiger partial charge in [-0.05, 0) is 47.8 Å². The molecule has 0 fully saturated rings. The van der Waals surface area contributed by atoms with Crippen molar-refractivity contribution >= 4 is 0 Å². The summed E-state index contributed by atoms with van der Waals surface area (Å²) in [6.45, 7) is 7.77. The van der Waals surface area contributed by atoms with Crippen molar-refractivity contribution in [3.05, 3.63) is 0 Å². The predicted molar refractivity (Wildman–Crippen MR) is 51.4 cm³/mol. The summed E-state index contributed by atoms with van der Waals surface area (Å²) < 4.78 is 0. The molecule has 12 heavy (non-hydrogen) atoms. The van der Waals surface area contributed by atoms with Crippen LogP contribution in [0.4, 0.5) is 0 Å². The maximum absolute atomic E-state index is 9.51. The third-order valence-electron chi connectivity index (χ3n) is 1.75. The van der Waals surface area contributed by atoms with Crippen LogP contribution in [0, 0.1) is 0 Å². The molecule has 3 heteroatoms. The molecule has 0 aliphatic carbocycles. The van der Waals surface area contributed by atoms with Crippen LogP contribution in [0.5, 0.6) is 0 Å². The van der Waals surface area contributed by atoms with Gasteiger partial charge in [0, 0.05) is 12.1 Å². The van der Waals surface area contributed by atoms with E-state index in [1.54, 1.807) is 0 Å². The molecule has 0 atom stereocenters. The number of nitrogens with zero attached hydrogens (tertiary/aromatic N) is 2. The van der Waals surface area contributed by atoms with Crippen molar-refractivity contribution < 1.29 is 5.21 Å². The summed E-state index contributed by atoms with van der Waals surface area (Å²) in [4.78, 5) is 2.12. The van der Waals surface area contributed by atoms with Gasteiger partial charge in [0.25, 0.3) is 0 Å². The van der Waals surface area contributed by atoms with Gasteiger partial charge in [-0.2, -0.15) is 5.06 Å². The van der Waals surface area contributed by atoms with Crippen LogP contribution in [0.2, 0.25) is 0 Å². The predicted octanol–water partition coefficient (Wildman–Crippen LogP) is 1.43. The van der Waals surface area contributed by atoms with E-state index in [0.29, 0.717) is 0 Å². The number of hydroxylamine groups is 2. The van der Waals surface area contributed by atoms with Gasteiger partial charge < -0.3 is 10.1 Å². The van der Waals surface area contributed by atoms with E-state index in [9.17, 15) is 5.21 Å². The van der Waals surface area contributed by atoms with Crippen LogP contribution in [0.1, 0.15) is 27.2 Å². The van der Waals surface area contributed by atoms with E-state index in [4.69, 9.17) is 0 Å². The normalized spacial score (nSPS) is 13.0. The Kier molecular flexibility index (Phi) is 4.75. The zero-order valence-corrected chi connectivity index (χ0v) is 8.96. The van der Waals surface area contributed by atoms with Crippen LogP contribution in [0.3, 0.4) is 0 Å². The molecule has 0 aromatic carbocycles. The van der Waals surface area contributed by atoms with Crippen LogP contribution >= 0.6 is 0 Å². The van der Waals surface area contributed by atoms with Crippen molar-refractivity contribution in [1.82, 2.24) is 9.96 Å². The van der Waals surface area contributed by atoms with Crippen LogP contribution in [0.15, 0.2) is 0 Å². The lowest BCUT2D eigenvalue weighted by atomic mass is 10.1. The molecule has 0 aliphatic rings. The summed E-state index contributed by atoms with van der Waals surface area (Å²) >= 11 is 0. The van der Waals surface area contributed by atoms with Crippen LogP contribution < -0.4 is 0 Å². The lowest BCUT2D eigenvalue weighted by Crippen LogP contribution is -2.39. The van der Waals surface area contributed by atoms with Gasteiger partial charge in [0.15, 0.2) is 0 Å². The van der Waals surface area contributed by atoms with Gasteiger partial charge in [-0.15, -0.1) is 0 Å². The Morgan fingerprint density at radius 3 is 1.92 bits per heavy atom. The van der Waals surface area contributed by atoms with Gasteiger partial charge in [-0.25, -0.2) is 0 Å². The third-order valence-corrected chi connectivity index (χ3v) is 1.75. The number of hydrogen-bond donors (Lipinski definition) is 1. The Morgan fingerprint density at radius 1 is 1.08 bits per heavy atom. The monoisotopic (exact) mass is 174 g/mol. The van der Waals surface area contributed by atoms with Crippen molar-refractivity contribution in [3.63, 3.8) is 0 Å². The van der Waals surface area contributed by atoms with Crippen molar-refractivity contribution in [1.29, 1.82) is 0 Å². The Labute approximate surface area is 75.9 Å². The summed E-state index contributed by atoms with van der Waals surface area (Å²) in [5, 5.41) is 10.9. The average Bonchev–Trinajstić information content (AvgIpc) is 1.84. The molecule has 0 spiro atoms. The van der Waals surface area contributed by atoms with Crippen molar-refractivity contribution in [2.24, 2.45) is 0 Å². The minimum atomic E-state index is -0.133. The third kappa shape index (κ3) is 5.52.